The molecular weight excluding hydrogens is 326 g/mol. The Kier molecular flexibility index (Phi) is 4.45. The fourth-order valence-corrected chi connectivity index (χ4v) is 3.47. The second-order valence-corrected chi connectivity index (χ2v) is 7.40. The highest BCUT2D eigenvalue weighted by Crippen LogP contribution is 2.48. The maximum absolute atomic E-state index is 13.6. The molecule has 4 nitrogen and oxygen atoms in total. The highest BCUT2D eigenvalue weighted by atomic mass is 16.6. The third kappa shape index (κ3) is 2.81. The van der Waals surface area contributed by atoms with Crippen LogP contribution in [-0.4, -0.2) is 17.6 Å². The number of nitrogens with zero attached hydrogens (tertiary/aromatic N) is 1. The van der Waals surface area contributed by atoms with E-state index in [1.807, 2.05) is 48.5 Å². The summed E-state index contributed by atoms with van der Waals surface area (Å²) < 4.78 is 5.50. The van der Waals surface area contributed by atoms with Crippen molar-refractivity contribution in [3.05, 3.63) is 78.4 Å². The number of carbonyl (C=O) groups excluding carboxylic acids is 2. The second kappa shape index (κ2) is 6.45. The number of amides is 2. The van der Waals surface area contributed by atoms with E-state index in [4.69, 9.17) is 4.74 Å². The molecule has 1 aliphatic heterocycles. The van der Waals surface area contributed by atoms with Gasteiger partial charge in [-0.25, -0.2) is 9.69 Å². The molecule has 0 aromatic heterocycles. The van der Waals surface area contributed by atoms with Gasteiger partial charge in [-0.05, 0) is 44.4 Å². The molecule has 0 fully saturated rings. The molecule has 0 aliphatic carbocycles. The summed E-state index contributed by atoms with van der Waals surface area (Å²) in [5, 5.41) is 0. The number of imide groups is 1. The number of para-hydroxylation sites is 1. The van der Waals surface area contributed by atoms with Crippen LogP contribution in [0.15, 0.2) is 67.3 Å². The van der Waals surface area contributed by atoms with Crippen LogP contribution in [0.5, 0.6) is 0 Å². The van der Waals surface area contributed by atoms with Gasteiger partial charge >= 0.3 is 6.09 Å². The number of carbonyl (C=O) groups is 2. The molecule has 26 heavy (non-hydrogen) atoms. The normalized spacial score (nSPS) is 19.2. The van der Waals surface area contributed by atoms with Crippen molar-refractivity contribution >= 4 is 17.7 Å². The predicted molar refractivity (Wildman–Crippen MR) is 102 cm³/mol. The molecule has 1 aliphatic rings. The van der Waals surface area contributed by atoms with E-state index >= 15 is 0 Å². The van der Waals surface area contributed by atoms with Gasteiger partial charge in [-0.3, -0.25) is 4.79 Å². The number of anilines is 1. The maximum atomic E-state index is 13.6. The van der Waals surface area contributed by atoms with E-state index in [-0.39, 0.29) is 5.91 Å². The van der Waals surface area contributed by atoms with Crippen LogP contribution in [0.3, 0.4) is 0 Å². The van der Waals surface area contributed by atoms with Crippen molar-refractivity contribution in [3.8, 4) is 0 Å². The van der Waals surface area contributed by atoms with E-state index < -0.39 is 17.1 Å². The molecule has 1 heterocycles. The number of hydrogen-bond acceptors (Lipinski definition) is 3. The lowest BCUT2D eigenvalue weighted by Gasteiger charge is -2.29. The molecule has 3 rings (SSSR count). The Morgan fingerprint density at radius 2 is 1.73 bits per heavy atom. The van der Waals surface area contributed by atoms with Crippen LogP contribution in [0.4, 0.5) is 10.5 Å². The summed E-state index contributed by atoms with van der Waals surface area (Å²) in [5.74, 6) is -0.306. The van der Waals surface area contributed by atoms with E-state index in [1.54, 1.807) is 32.9 Å². The van der Waals surface area contributed by atoms with Crippen molar-refractivity contribution in [3.63, 3.8) is 0 Å². The van der Waals surface area contributed by atoms with Gasteiger partial charge in [0.05, 0.1) is 5.69 Å². The smallest absolute Gasteiger partial charge is 0.421 e. The minimum atomic E-state index is -0.976. The van der Waals surface area contributed by atoms with Gasteiger partial charge in [0.1, 0.15) is 11.0 Å². The molecule has 134 valence electrons. The predicted octanol–water partition coefficient (Wildman–Crippen LogP) is 4.83. The molecule has 0 saturated heterocycles. The van der Waals surface area contributed by atoms with Gasteiger partial charge < -0.3 is 4.74 Å². The molecule has 1 atom stereocenters. The van der Waals surface area contributed by atoms with Crippen molar-refractivity contribution in [2.24, 2.45) is 0 Å². The van der Waals surface area contributed by atoms with Gasteiger partial charge in [0.15, 0.2) is 0 Å². The molecule has 0 radical (unpaired) electrons. The van der Waals surface area contributed by atoms with Crippen LogP contribution in [0.25, 0.3) is 0 Å². The summed E-state index contributed by atoms with van der Waals surface area (Å²) in [4.78, 5) is 27.6. The molecule has 0 saturated carbocycles. The fraction of sp³-hybridized carbons (Fsp3) is 0.273. The van der Waals surface area contributed by atoms with Gasteiger partial charge in [0.2, 0.25) is 0 Å². The van der Waals surface area contributed by atoms with Crippen molar-refractivity contribution < 1.29 is 14.3 Å². The van der Waals surface area contributed by atoms with Gasteiger partial charge in [-0.1, -0.05) is 54.6 Å². The van der Waals surface area contributed by atoms with Crippen molar-refractivity contribution in [1.82, 2.24) is 0 Å². The Morgan fingerprint density at radius 1 is 1.12 bits per heavy atom. The molecule has 2 aromatic carbocycles. The summed E-state index contributed by atoms with van der Waals surface area (Å²) in [6.07, 6.45) is 1.46. The lowest BCUT2D eigenvalue weighted by atomic mass is 9.73. The Balaban J connectivity index is 2.20. The number of hydrogen-bond donors (Lipinski definition) is 0. The van der Waals surface area contributed by atoms with Crippen LogP contribution < -0.4 is 4.90 Å². The number of rotatable bonds is 3. The monoisotopic (exact) mass is 349 g/mol. The van der Waals surface area contributed by atoms with E-state index in [2.05, 4.69) is 6.58 Å². The third-order valence-electron chi connectivity index (χ3n) is 4.47. The zero-order chi connectivity index (χ0) is 18.9. The first kappa shape index (κ1) is 17.9. The van der Waals surface area contributed by atoms with E-state index in [9.17, 15) is 9.59 Å². The summed E-state index contributed by atoms with van der Waals surface area (Å²) in [5.41, 5.74) is 0.530. The largest absolute Gasteiger partial charge is 0.443 e. The molecule has 0 bridgehead atoms. The topological polar surface area (TPSA) is 46.6 Å². The van der Waals surface area contributed by atoms with E-state index in [0.717, 1.165) is 16.0 Å². The minimum absolute atomic E-state index is 0.306. The van der Waals surface area contributed by atoms with Crippen LogP contribution in [0.2, 0.25) is 0 Å². The molecule has 0 spiro atoms. The number of fused-ring (bicyclic) bond motifs is 1. The highest BCUT2D eigenvalue weighted by Gasteiger charge is 2.54. The summed E-state index contributed by atoms with van der Waals surface area (Å²) in [7, 11) is 0. The molecule has 1 unspecified atom stereocenters. The van der Waals surface area contributed by atoms with Gasteiger partial charge in [-0.2, -0.15) is 0 Å². The Bertz CT molecular complexity index is 851. The minimum Gasteiger partial charge on any atom is -0.443 e. The van der Waals surface area contributed by atoms with E-state index in [0.29, 0.717) is 12.1 Å². The van der Waals surface area contributed by atoms with Crippen LogP contribution in [-0.2, 0) is 14.9 Å². The number of ether oxygens (including phenoxy) is 1. The van der Waals surface area contributed by atoms with E-state index in [1.165, 1.54) is 0 Å². The maximum Gasteiger partial charge on any atom is 0.421 e. The van der Waals surface area contributed by atoms with Gasteiger partial charge in [0.25, 0.3) is 5.91 Å². The van der Waals surface area contributed by atoms with Crippen molar-refractivity contribution in [1.29, 1.82) is 0 Å². The molecule has 0 N–H and O–H groups in total. The Morgan fingerprint density at radius 3 is 2.35 bits per heavy atom. The zero-order valence-corrected chi connectivity index (χ0v) is 15.4. The van der Waals surface area contributed by atoms with Crippen molar-refractivity contribution in [2.45, 2.75) is 38.2 Å². The first-order chi connectivity index (χ1) is 12.3. The van der Waals surface area contributed by atoms with Gasteiger partial charge in [0, 0.05) is 0 Å². The van der Waals surface area contributed by atoms with Crippen molar-refractivity contribution in [2.75, 3.05) is 4.90 Å². The zero-order valence-electron chi connectivity index (χ0n) is 15.4. The quantitative estimate of drug-likeness (QED) is 0.746. The molecular formula is C22H23NO3. The Labute approximate surface area is 154 Å². The van der Waals surface area contributed by atoms with Crippen LogP contribution in [0, 0.1) is 0 Å². The first-order valence-electron chi connectivity index (χ1n) is 8.65. The lowest BCUT2D eigenvalue weighted by molar-refractivity contribution is -0.121. The van der Waals surface area contributed by atoms with Gasteiger partial charge in [-0.15, -0.1) is 6.58 Å². The second-order valence-electron chi connectivity index (χ2n) is 7.40. The number of benzene rings is 2. The molecule has 2 amide bonds. The number of allylic oxidation sites excluding steroid dienone is 1. The lowest BCUT2D eigenvalue weighted by Crippen LogP contribution is -2.45. The summed E-state index contributed by atoms with van der Waals surface area (Å²) >= 11 is 0. The SMILES string of the molecule is C=CCC1(c2ccccc2)C(=O)N(C(=O)OC(C)(C)C)c2ccccc21. The molecule has 4 heteroatoms. The average molecular weight is 349 g/mol. The first-order valence-corrected chi connectivity index (χ1v) is 8.65. The third-order valence-corrected chi connectivity index (χ3v) is 4.47. The Hall–Kier alpha value is -2.88. The van der Waals surface area contributed by atoms with Crippen LogP contribution >= 0.6 is 0 Å². The summed E-state index contributed by atoms with van der Waals surface area (Å²) in [6.45, 7) is 9.19. The fourth-order valence-electron chi connectivity index (χ4n) is 3.47. The van der Waals surface area contributed by atoms with Crippen LogP contribution in [0.1, 0.15) is 38.3 Å². The molecule has 2 aromatic rings. The standard InChI is InChI=1S/C22H23NO3/c1-5-15-22(16-11-7-6-8-12-16)17-13-9-10-14-18(17)23(19(22)24)20(25)26-21(2,3)4/h5-14H,1,15H2,2-4H3. The highest BCUT2D eigenvalue weighted by molar-refractivity contribution is 6.22. The average Bonchev–Trinajstić information content (AvgIpc) is 2.84. The summed E-state index contributed by atoms with van der Waals surface area (Å²) in [6, 6.07) is 16.9.